The van der Waals surface area contributed by atoms with Gasteiger partial charge in [-0.25, -0.2) is 4.79 Å². The van der Waals surface area contributed by atoms with Crippen LogP contribution in [-0.4, -0.2) is 24.3 Å². The predicted molar refractivity (Wildman–Crippen MR) is 108 cm³/mol. The van der Waals surface area contributed by atoms with Crippen LogP contribution >= 0.6 is 0 Å². The normalized spacial score (nSPS) is 10.4. The summed E-state index contributed by atoms with van der Waals surface area (Å²) in [4.78, 5) is 12.5. The molecule has 0 atom stereocenters. The van der Waals surface area contributed by atoms with Crippen molar-refractivity contribution in [2.24, 2.45) is 7.05 Å². The van der Waals surface area contributed by atoms with E-state index < -0.39 is 5.97 Å². The van der Waals surface area contributed by atoms with Gasteiger partial charge in [-0.15, -0.1) is 0 Å². The number of nitriles is 1. The largest absolute Gasteiger partial charge is 0.497 e. The number of ether oxygens (including phenoxy) is 2. The third-order valence-corrected chi connectivity index (χ3v) is 4.86. The third-order valence-electron chi connectivity index (χ3n) is 4.86. The molecule has 0 radical (unpaired) electrons. The standard InChI is InChI=1S/C23H22N2O3/c1-5-28-23(26)22-21(20(14-24)15(2)25(22)3)18-8-6-16(7-9-18)17-10-12-19(27-4)13-11-17/h6-13H,5H2,1-4H3. The highest BCUT2D eigenvalue weighted by atomic mass is 16.5. The minimum absolute atomic E-state index is 0.279. The lowest BCUT2D eigenvalue weighted by molar-refractivity contribution is 0.0516. The molecular formula is C23H22N2O3. The maximum atomic E-state index is 12.5. The second kappa shape index (κ2) is 8.01. The first kappa shape index (κ1) is 19.2. The van der Waals surface area contributed by atoms with Crippen molar-refractivity contribution < 1.29 is 14.3 Å². The van der Waals surface area contributed by atoms with Crippen molar-refractivity contribution in [3.8, 4) is 34.1 Å². The van der Waals surface area contributed by atoms with Gasteiger partial charge in [-0.05, 0) is 42.7 Å². The first-order valence-corrected chi connectivity index (χ1v) is 9.03. The van der Waals surface area contributed by atoms with Gasteiger partial charge in [0, 0.05) is 18.3 Å². The Bertz CT molecular complexity index is 1040. The van der Waals surface area contributed by atoms with Gasteiger partial charge in [0.2, 0.25) is 0 Å². The fraction of sp³-hybridized carbons (Fsp3) is 0.217. The Kier molecular flexibility index (Phi) is 5.51. The van der Waals surface area contributed by atoms with Crippen LogP contribution in [-0.2, 0) is 11.8 Å². The van der Waals surface area contributed by atoms with Gasteiger partial charge in [0.05, 0.1) is 19.3 Å². The average Bonchev–Trinajstić information content (AvgIpc) is 2.98. The number of methoxy groups -OCH3 is 1. The quantitative estimate of drug-likeness (QED) is 0.606. The molecule has 0 N–H and O–H groups in total. The summed E-state index contributed by atoms with van der Waals surface area (Å²) >= 11 is 0. The Hall–Kier alpha value is -3.52. The molecule has 142 valence electrons. The monoisotopic (exact) mass is 374 g/mol. The van der Waals surface area contributed by atoms with Crippen LogP contribution < -0.4 is 4.74 Å². The molecule has 0 aliphatic rings. The van der Waals surface area contributed by atoms with E-state index in [2.05, 4.69) is 6.07 Å². The summed E-state index contributed by atoms with van der Waals surface area (Å²) in [5.41, 5.74) is 5.14. The fourth-order valence-corrected chi connectivity index (χ4v) is 3.27. The molecule has 3 rings (SSSR count). The molecule has 0 aliphatic carbocycles. The summed E-state index contributed by atoms with van der Waals surface area (Å²) in [5.74, 6) is 0.377. The number of aromatic nitrogens is 1. The van der Waals surface area contributed by atoms with E-state index in [0.29, 0.717) is 16.8 Å². The molecule has 0 unspecified atom stereocenters. The molecule has 0 aliphatic heterocycles. The van der Waals surface area contributed by atoms with Crippen molar-refractivity contribution in [2.75, 3.05) is 13.7 Å². The van der Waals surface area contributed by atoms with Crippen LogP contribution in [0.5, 0.6) is 5.75 Å². The van der Waals surface area contributed by atoms with Crippen LogP contribution in [0, 0.1) is 18.3 Å². The van der Waals surface area contributed by atoms with E-state index in [-0.39, 0.29) is 6.61 Å². The molecule has 0 saturated carbocycles. The summed E-state index contributed by atoms with van der Waals surface area (Å²) in [6, 6.07) is 17.9. The Balaban J connectivity index is 2.07. The zero-order valence-corrected chi connectivity index (χ0v) is 16.4. The highest BCUT2D eigenvalue weighted by Gasteiger charge is 2.25. The minimum atomic E-state index is -0.427. The van der Waals surface area contributed by atoms with Crippen molar-refractivity contribution in [1.82, 2.24) is 4.57 Å². The zero-order valence-electron chi connectivity index (χ0n) is 16.4. The number of rotatable bonds is 5. The molecule has 0 fully saturated rings. The molecule has 28 heavy (non-hydrogen) atoms. The maximum absolute atomic E-state index is 12.5. The van der Waals surface area contributed by atoms with Crippen LogP contribution in [0.15, 0.2) is 48.5 Å². The van der Waals surface area contributed by atoms with Crippen LogP contribution in [0.25, 0.3) is 22.3 Å². The lowest BCUT2D eigenvalue weighted by Crippen LogP contribution is -2.11. The topological polar surface area (TPSA) is 64.2 Å². The van der Waals surface area contributed by atoms with Gasteiger partial charge in [0.1, 0.15) is 17.5 Å². The smallest absolute Gasteiger partial charge is 0.355 e. The summed E-state index contributed by atoms with van der Waals surface area (Å²) in [6.45, 7) is 3.87. The van der Waals surface area contributed by atoms with Gasteiger partial charge in [-0.1, -0.05) is 36.4 Å². The number of carbonyl (C=O) groups excluding carboxylic acids is 1. The average molecular weight is 374 g/mol. The molecule has 3 aromatic rings. The number of hydrogen-bond acceptors (Lipinski definition) is 4. The molecule has 0 bridgehead atoms. The Morgan fingerprint density at radius 3 is 2.07 bits per heavy atom. The van der Waals surface area contributed by atoms with Crippen LogP contribution in [0.1, 0.15) is 28.7 Å². The van der Waals surface area contributed by atoms with Gasteiger partial charge < -0.3 is 14.0 Å². The van der Waals surface area contributed by atoms with E-state index in [9.17, 15) is 10.1 Å². The molecule has 1 heterocycles. The van der Waals surface area contributed by atoms with Crippen molar-refractivity contribution in [2.45, 2.75) is 13.8 Å². The van der Waals surface area contributed by atoms with Gasteiger partial charge in [-0.3, -0.25) is 0 Å². The summed E-state index contributed by atoms with van der Waals surface area (Å²) < 4.78 is 12.1. The molecule has 0 spiro atoms. The summed E-state index contributed by atoms with van der Waals surface area (Å²) in [7, 11) is 3.41. The van der Waals surface area contributed by atoms with E-state index in [1.807, 2.05) is 55.5 Å². The van der Waals surface area contributed by atoms with Crippen molar-refractivity contribution in [1.29, 1.82) is 5.26 Å². The Morgan fingerprint density at radius 1 is 1.04 bits per heavy atom. The lowest BCUT2D eigenvalue weighted by atomic mass is 9.97. The molecule has 5 nitrogen and oxygen atoms in total. The zero-order chi connectivity index (χ0) is 20.3. The van der Waals surface area contributed by atoms with Gasteiger partial charge >= 0.3 is 5.97 Å². The molecule has 0 saturated heterocycles. The number of nitrogens with zero attached hydrogens (tertiary/aromatic N) is 2. The number of hydrogen-bond donors (Lipinski definition) is 0. The van der Waals surface area contributed by atoms with E-state index in [1.165, 1.54) is 0 Å². The number of carbonyl (C=O) groups is 1. The Morgan fingerprint density at radius 2 is 1.57 bits per heavy atom. The summed E-state index contributed by atoms with van der Waals surface area (Å²) in [6.07, 6.45) is 0. The van der Waals surface area contributed by atoms with Crippen LogP contribution in [0.2, 0.25) is 0 Å². The summed E-state index contributed by atoms with van der Waals surface area (Å²) in [5, 5.41) is 9.66. The first-order valence-electron chi connectivity index (χ1n) is 9.03. The molecule has 5 heteroatoms. The number of benzene rings is 2. The molecule has 1 aromatic heterocycles. The first-order chi connectivity index (χ1) is 13.5. The predicted octanol–water partition coefficient (Wildman–Crippen LogP) is 4.72. The van der Waals surface area contributed by atoms with Crippen molar-refractivity contribution in [3.63, 3.8) is 0 Å². The highest BCUT2D eigenvalue weighted by molar-refractivity contribution is 5.98. The van der Waals surface area contributed by atoms with Gasteiger partial charge in [0.25, 0.3) is 0 Å². The second-order valence-electron chi connectivity index (χ2n) is 6.38. The van der Waals surface area contributed by atoms with Crippen molar-refractivity contribution in [3.05, 3.63) is 65.5 Å². The number of esters is 1. The SMILES string of the molecule is CCOC(=O)c1c(-c2ccc(-c3ccc(OC)cc3)cc2)c(C#N)c(C)n1C. The molecule has 0 amide bonds. The molecular weight excluding hydrogens is 352 g/mol. The Labute approximate surface area is 164 Å². The highest BCUT2D eigenvalue weighted by Crippen LogP contribution is 2.34. The fourth-order valence-electron chi connectivity index (χ4n) is 3.27. The van der Waals surface area contributed by atoms with Crippen LogP contribution in [0.4, 0.5) is 0 Å². The van der Waals surface area contributed by atoms with Crippen LogP contribution in [0.3, 0.4) is 0 Å². The van der Waals surface area contributed by atoms with E-state index in [4.69, 9.17) is 9.47 Å². The van der Waals surface area contributed by atoms with E-state index >= 15 is 0 Å². The lowest BCUT2D eigenvalue weighted by Gasteiger charge is -2.09. The van der Waals surface area contributed by atoms with Gasteiger partial charge in [0.15, 0.2) is 0 Å². The molecule has 2 aromatic carbocycles. The van der Waals surface area contributed by atoms with E-state index in [1.54, 1.807) is 25.6 Å². The van der Waals surface area contributed by atoms with Crippen molar-refractivity contribution >= 4 is 5.97 Å². The van der Waals surface area contributed by atoms with E-state index in [0.717, 1.165) is 28.1 Å². The van der Waals surface area contributed by atoms with Gasteiger partial charge in [-0.2, -0.15) is 5.26 Å². The third kappa shape index (κ3) is 3.37. The maximum Gasteiger partial charge on any atom is 0.355 e. The second-order valence-corrected chi connectivity index (χ2v) is 6.38. The minimum Gasteiger partial charge on any atom is -0.497 e.